The van der Waals surface area contributed by atoms with Gasteiger partial charge in [-0.2, -0.15) is 0 Å². The lowest BCUT2D eigenvalue weighted by atomic mass is 10.2. The molecule has 1 aromatic carbocycles. The molecule has 2 rings (SSSR count). The van der Waals surface area contributed by atoms with Gasteiger partial charge in [-0.3, -0.25) is 4.90 Å². The van der Waals surface area contributed by atoms with E-state index in [-0.39, 0.29) is 0 Å². The maximum Gasteiger partial charge on any atom is 0.115 e. The van der Waals surface area contributed by atoms with Crippen molar-refractivity contribution in [3.63, 3.8) is 0 Å². The van der Waals surface area contributed by atoms with Crippen LogP contribution in [0.25, 0.3) is 0 Å². The molecule has 82 valence electrons. The number of nitrogens with zero attached hydrogens (tertiary/aromatic N) is 1. The Kier molecular flexibility index (Phi) is 3.59. The van der Waals surface area contributed by atoms with Crippen molar-refractivity contribution in [2.45, 2.75) is 13.0 Å². The topological polar surface area (TPSA) is 32.7 Å². The Morgan fingerprint density at radius 3 is 2.73 bits per heavy atom. The van der Waals surface area contributed by atoms with Crippen molar-refractivity contribution in [3.05, 3.63) is 29.8 Å². The zero-order chi connectivity index (χ0) is 10.5. The van der Waals surface area contributed by atoms with E-state index in [9.17, 15) is 5.11 Å². The van der Waals surface area contributed by atoms with E-state index in [0.717, 1.165) is 39.3 Å². The summed E-state index contributed by atoms with van der Waals surface area (Å²) in [6.07, 6.45) is 1.11. The third-order valence-corrected chi connectivity index (χ3v) is 2.66. The van der Waals surface area contributed by atoms with Gasteiger partial charge in [-0.1, -0.05) is 12.1 Å². The number of hydrogen-bond donors (Lipinski definition) is 1. The minimum Gasteiger partial charge on any atom is -0.508 e. The molecule has 3 nitrogen and oxygen atoms in total. The lowest BCUT2D eigenvalue weighted by molar-refractivity contribution is 0.140. The molecule has 0 atom stereocenters. The smallest absolute Gasteiger partial charge is 0.115 e. The van der Waals surface area contributed by atoms with Crippen LogP contribution in [-0.4, -0.2) is 36.3 Å². The molecule has 0 saturated carbocycles. The maximum atomic E-state index is 9.17. The third-order valence-electron chi connectivity index (χ3n) is 2.66. The van der Waals surface area contributed by atoms with E-state index in [1.165, 1.54) is 5.56 Å². The van der Waals surface area contributed by atoms with Gasteiger partial charge >= 0.3 is 0 Å². The van der Waals surface area contributed by atoms with Gasteiger partial charge in [0.2, 0.25) is 0 Å². The second kappa shape index (κ2) is 5.14. The summed E-state index contributed by atoms with van der Waals surface area (Å²) in [7, 11) is 0. The van der Waals surface area contributed by atoms with E-state index in [4.69, 9.17) is 4.74 Å². The second-order valence-corrected chi connectivity index (χ2v) is 3.91. The fourth-order valence-electron chi connectivity index (χ4n) is 1.82. The van der Waals surface area contributed by atoms with Crippen molar-refractivity contribution in [3.8, 4) is 5.75 Å². The van der Waals surface area contributed by atoms with Crippen LogP contribution in [0.2, 0.25) is 0 Å². The van der Waals surface area contributed by atoms with Gasteiger partial charge in [-0.05, 0) is 24.1 Å². The first-order valence-electron chi connectivity index (χ1n) is 5.42. The van der Waals surface area contributed by atoms with Crippen LogP contribution in [0.3, 0.4) is 0 Å². The summed E-state index contributed by atoms with van der Waals surface area (Å²) < 4.78 is 5.40. The summed E-state index contributed by atoms with van der Waals surface area (Å²) in [5.41, 5.74) is 1.25. The van der Waals surface area contributed by atoms with Gasteiger partial charge in [0.15, 0.2) is 0 Å². The molecule has 0 spiro atoms. The highest BCUT2D eigenvalue weighted by molar-refractivity contribution is 5.25. The summed E-state index contributed by atoms with van der Waals surface area (Å²) in [5.74, 6) is 0.331. The number of aromatic hydroxyl groups is 1. The van der Waals surface area contributed by atoms with Crippen LogP contribution in [-0.2, 0) is 11.3 Å². The Bertz CT molecular complexity index is 289. The predicted molar refractivity (Wildman–Crippen MR) is 58.8 cm³/mol. The number of ether oxygens (including phenoxy) is 1. The number of phenols is 1. The van der Waals surface area contributed by atoms with Crippen molar-refractivity contribution in [1.29, 1.82) is 0 Å². The summed E-state index contributed by atoms with van der Waals surface area (Å²) in [6, 6.07) is 7.43. The molecule has 0 amide bonds. The van der Waals surface area contributed by atoms with Crippen LogP contribution in [0.1, 0.15) is 12.0 Å². The zero-order valence-corrected chi connectivity index (χ0v) is 8.85. The number of phenolic OH excluding ortho intramolecular Hbond substituents is 1. The fourth-order valence-corrected chi connectivity index (χ4v) is 1.82. The lowest BCUT2D eigenvalue weighted by Crippen LogP contribution is -2.25. The first-order chi connectivity index (χ1) is 7.34. The number of rotatable bonds is 2. The Labute approximate surface area is 90.3 Å². The Balaban J connectivity index is 1.92. The molecule has 1 N–H and O–H groups in total. The fraction of sp³-hybridized carbons (Fsp3) is 0.500. The van der Waals surface area contributed by atoms with Crippen molar-refractivity contribution in [2.75, 3.05) is 26.3 Å². The van der Waals surface area contributed by atoms with E-state index in [0.29, 0.717) is 5.75 Å². The molecule has 1 aliphatic heterocycles. The van der Waals surface area contributed by atoms with Gasteiger partial charge in [0.1, 0.15) is 5.75 Å². The molecule has 1 aliphatic rings. The Hall–Kier alpha value is -1.06. The highest BCUT2D eigenvalue weighted by Crippen LogP contribution is 2.12. The van der Waals surface area contributed by atoms with Crippen molar-refractivity contribution in [1.82, 2.24) is 4.90 Å². The first kappa shape index (κ1) is 10.5. The van der Waals surface area contributed by atoms with Gasteiger partial charge in [0, 0.05) is 26.2 Å². The molecular formula is C12H17NO2. The largest absolute Gasteiger partial charge is 0.508 e. The van der Waals surface area contributed by atoms with Gasteiger partial charge < -0.3 is 9.84 Å². The van der Waals surface area contributed by atoms with Gasteiger partial charge in [-0.15, -0.1) is 0 Å². The Morgan fingerprint density at radius 1 is 1.13 bits per heavy atom. The molecule has 0 bridgehead atoms. The average molecular weight is 207 g/mol. The van der Waals surface area contributed by atoms with Crippen molar-refractivity contribution in [2.24, 2.45) is 0 Å². The Morgan fingerprint density at radius 2 is 1.93 bits per heavy atom. The van der Waals surface area contributed by atoms with Crippen LogP contribution in [0.15, 0.2) is 24.3 Å². The molecule has 0 aliphatic carbocycles. The summed E-state index contributed by atoms with van der Waals surface area (Å²) in [4.78, 5) is 2.39. The lowest BCUT2D eigenvalue weighted by Gasteiger charge is -2.18. The highest BCUT2D eigenvalue weighted by Gasteiger charge is 2.09. The molecule has 1 saturated heterocycles. The van der Waals surface area contributed by atoms with E-state index in [1.807, 2.05) is 12.1 Å². The normalized spacial score (nSPS) is 18.7. The van der Waals surface area contributed by atoms with Gasteiger partial charge in [0.05, 0.1) is 6.61 Å². The molecular weight excluding hydrogens is 190 g/mol. The van der Waals surface area contributed by atoms with Crippen LogP contribution in [0.5, 0.6) is 5.75 Å². The minimum atomic E-state index is 0.331. The van der Waals surface area contributed by atoms with Crippen LogP contribution < -0.4 is 0 Å². The van der Waals surface area contributed by atoms with Crippen LogP contribution >= 0.6 is 0 Å². The standard InChI is InChI=1S/C12H17NO2/c14-12-4-2-11(3-5-12)10-13-6-1-8-15-9-7-13/h2-5,14H,1,6-10H2. The van der Waals surface area contributed by atoms with E-state index >= 15 is 0 Å². The van der Waals surface area contributed by atoms with Crippen LogP contribution in [0.4, 0.5) is 0 Å². The van der Waals surface area contributed by atoms with Gasteiger partial charge in [0.25, 0.3) is 0 Å². The van der Waals surface area contributed by atoms with E-state index in [2.05, 4.69) is 4.90 Å². The minimum absolute atomic E-state index is 0.331. The van der Waals surface area contributed by atoms with E-state index in [1.54, 1.807) is 12.1 Å². The second-order valence-electron chi connectivity index (χ2n) is 3.91. The third kappa shape index (κ3) is 3.22. The molecule has 1 heterocycles. The van der Waals surface area contributed by atoms with Crippen LogP contribution in [0, 0.1) is 0 Å². The van der Waals surface area contributed by atoms with Crippen molar-refractivity contribution >= 4 is 0 Å². The number of hydrogen-bond acceptors (Lipinski definition) is 3. The summed E-state index contributed by atoms with van der Waals surface area (Å²) >= 11 is 0. The maximum absolute atomic E-state index is 9.17. The SMILES string of the molecule is Oc1ccc(CN2CCCOCC2)cc1. The molecule has 0 aromatic heterocycles. The molecule has 1 aromatic rings. The average Bonchev–Trinajstić information content (AvgIpc) is 2.50. The first-order valence-corrected chi connectivity index (χ1v) is 5.42. The summed E-state index contributed by atoms with van der Waals surface area (Å²) in [5, 5.41) is 9.17. The predicted octanol–water partition coefficient (Wildman–Crippen LogP) is 1.61. The zero-order valence-electron chi connectivity index (χ0n) is 8.85. The van der Waals surface area contributed by atoms with Crippen molar-refractivity contribution < 1.29 is 9.84 Å². The monoisotopic (exact) mass is 207 g/mol. The highest BCUT2D eigenvalue weighted by atomic mass is 16.5. The molecule has 0 unspecified atom stereocenters. The van der Waals surface area contributed by atoms with E-state index < -0.39 is 0 Å². The molecule has 0 radical (unpaired) electrons. The number of benzene rings is 1. The molecule has 1 fully saturated rings. The summed E-state index contributed by atoms with van der Waals surface area (Å²) in [6.45, 7) is 4.76. The molecule has 15 heavy (non-hydrogen) atoms. The van der Waals surface area contributed by atoms with Gasteiger partial charge in [-0.25, -0.2) is 0 Å². The quantitative estimate of drug-likeness (QED) is 0.799. The molecule has 3 heteroatoms.